The predicted octanol–water partition coefficient (Wildman–Crippen LogP) is 4.89. The van der Waals surface area contributed by atoms with Gasteiger partial charge in [0.25, 0.3) is 0 Å². The fourth-order valence-corrected chi connectivity index (χ4v) is 2.17. The molecule has 0 aromatic heterocycles. The van der Waals surface area contributed by atoms with Gasteiger partial charge in [-0.3, -0.25) is 0 Å². The van der Waals surface area contributed by atoms with E-state index in [0.29, 0.717) is 0 Å². The van der Waals surface area contributed by atoms with E-state index in [2.05, 4.69) is 18.8 Å². The van der Waals surface area contributed by atoms with Crippen LogP contribution in [0.25, 0.3) is 0 Å². The minimum Gasteiger partial charge on any atom is -0.384 e. The number of benzene rings is 2. The fourth-order valence-electron chi connectivity index (χ4n) is 2.17. The molecule has 2 rings (SSSR count). The second kappa shape index (κ2) is 8.87. The van der Waals surface area contributed by atoms with Crippen LogP contribution >= 0.6 is 0 Å². The maximum absolute atomic E-state index is 10.3. The second-order valence-electron chi connectivity index (χ2n) is 5.27. The summed E-state index contributed by atoms with van der Waals surface area (Å²) in [6.45, 7) is 2.16. The van der Waals surface area contributed by atoms with E-state index in [0.717, 1.165) is 36.0 Å². The van der Waals surface area contributed by atoms with Gasteiger partial charge in [-0.05, 0) is 36.6 Å². The zero-order valence-electron chi connectivity index (χ0n) is 13.0. The maximum atomic E-state index is 10.3. The van der Waals surface area contributed by atoms with Crippen molar-refractivity contribution in [3.8, 4) is 11.8 Å². The van der Waals surface area contributed by atoms with E-state index >= 15 is 0 Å². The molecule has 0 radical (unpaired) electrons. The lowest BCUT2D eigenvalue weighted by Crippen LogP contribution is -1.95. The summed E-state index contributed by atoms with van der Waals surface area (Å²) in [6, 6.07) is 19.6. The minimum absolute atomic E-state index is 0.599. The van der Waals surface area contributed by atoms with Gasteiger partial charge in [-0.1, -0.05) is 73.7 Å². The van der Waals surface area contributed by atoms with Crippen LogP contribution in [0.5, 0.6) is 0 Å². The molecule has 0 amide bonds. The third kappa shape index (κ3) is 5.24. The highest BCUT2D eigenvalue weighted by atomic mass is 16.3. The molecule has 22 heavy (non-hydrogen) atoms. The summed E-state index contributed by atoms with van der Waals surface area (Å²) >= 11 is 0. The maximum Gasteiger partial charge on any atom is 0.0983 e. The first-order valence-corrected chi connectivity index (χ1v) is 7.80. The van der Waals surface area contributed by atoms with Crippen LogP contribution in [0.3, 0.4) is 0 Å². The summed E-state index contributed by atoms with van der Waals surface area (Å²) in [4.78, 5) is 0. The molecule has 1 heteroatoms. The lowest BCUT2D eigenvalue weighted by atomic mass is 10.0. The van der Waals surface area contributed by atoms with Crippen LogP contribution in [-0.4, -0.2) is 5.11 Å². The van der Waals surface area contributed by atoms with Gasteiger partial charge in [-0.25, -0.2) is 0 Å². The highest BCUT2D eigenvalue weighted by Gasteiger charge is 2.04. The number of allylic oxidation sites excluding steroid dienone is 1. The quantitative estimate of drug-likeness (QED) is 0.777. The number of rotatable bonds is 5. The van der Waals surface area contributed by atoms with Crippen molar-refractivity contribution in [1.82, 2.24) is 0 Å². The molecule has 0 spiro atoms. The zero-order chi connectivity index (χ0) is 15.6. The minimum atomic E-state index is -0.599. The Bertz CT molecular complexity index is 645. The van der Waals surface area contributed by atoms with E-state index in [4.69, 9.17) is 0 Å². The van der Waals surface area contributed by atoms with E-state index in [-0.39, 0.29) is 0 Å². The Hall–Kier alpha value is -2.30. The third-order valence-electron chi connectivity index (χ3n) is 3.44. The summed E-state index contributed by atoms with van der Waals surface area (Å²) in [5.74, 6) is 6.40. The van der Waals surface area contributed by atoms with E-state index in [9.17, 15) is 5.11 Å². The van der Waals surface area contributed by atoms with Gasteiger partial charge in [0.1, 0.15) is 0 Å². The summed E-state index contributed by atoms with van der Waals surface area (Å²) in [6.07, 6.45) is 4.38. The van der Waals surface area contributed by atoms with Gasteiger partial charge in [-0.15, -0.1) is 0 Å². The average molecular weight is 290 g/mol. The van der Waals surface area contributed by atoms with Crippen molar-refractivity contribution < 1.29 is 5.11 Å². The average Bonchev–Trinajstić information content (AvgIpc) is 2.59. The Morgan fingerprint density at radius 2 is 1.68 bits per heavy atom. The Morgan fingerprint density at radius 1 is 1.05 bits per heavy atom. The molecular formula is C21H22O. The Morgan fingerprint density at radius 3 is 2.32 bits per heavy atom. The van der Waals surface area contributed by atoms with Crippen LogP contribution in [0.2, 0.25) is 0 Å². The lowest BCUT2D eigenvalue weighted by Gasteiger charge is -2.07. The van der Waals surface area contributed by atoms with Crippen molar-refractivity contribution in [2.45, 2.75) is 32.3 Å². The first-order valence-electron chi connectivity index (χ1n) is 7.80. The molecular weight excluding hydrogens is 268 g/mol. The molecule has 1 nitrogen and oxygen atoms in total. The van der Waals surface area contributed by atoms with Crippen LogP contribution in [0.4, 0.5) is 0 Å². The molecule has 0 heterocycles. The zero-order valence-corrected chi connectivity index (χ0v) is 13.0. The molecule has 112 valence electrons. The number of aliphatic hydroxyl groups is 1. The third-order valence-corrected chi connectivity index (χ3v) is 3.44. The fraction of sp³-hybridized carbons (Fsp3) is 0.238. The molecule has 2 aromatic carbocycles. The predicted molar refractivity (Wildman–Crippen MR) is 92.3 cm³/mol. The highest BCUT2D eigenvalue weighted by molar-refractivity contribution is 5.41. The van der Waals surface area contributed by atoms with E-state index < -0.39 is 6.10 Å². The highest BCUT2D eigenvalue weighted by Crippen LogP contribution is 2.18. The number of hydrogen-bond donors (Lipinski definition) is 1. The van der Waals surface area contributed by atoms with Crippen LogP contribution in [0.15, 0.2) is 72.3 Å². The van der Waals surface area contributed by atoms with Gasteiger partial charge in [0, 0.05) is 11.1 Å². The molecule has 2 aromatic rings. The molecule has 0 aliphatic carbocycles. The van der Waals surface area contributed by atoms with Crippen molar-refractivity contribution in [3.63, 3.8) is 0 Å². The van der Waals surface area contributed by atoms with Gasteiger partial charge in [0.05, 0.1) is 6.10 Å². The first kappa shape index (κ1) is 16.1. The van der Waals surface area contributed by atoms with Crippen molar-refractivity contribution in [3.05, 3.63) is 83.4 Å². The molecule has 0 saturated heterocycles. The molecule has 1 atom stereocenters. The standard InChI is InChI=1S/C21H22O/c1-2-3-10-19(16-15-18-11-6-4-7-12-18)17-21(22)20-13-8-5-9-14-20/h4-9,11-14,17,21-22H,2-3,10H2,1H3/b19-17-. The van der Waals surface area contributed by atoms with Gasteiger partial charge in [0.2, 0.25) is 0 Å². The number of aliphatic hydroxyl groups excluding tert-OH is 1. The normalized spacial score (nSPS) is 12.4. The van der Waals surface area contributed by atoms with Crippen molar-refractivity contribution in [2.24, 2.45) is 0 Å². The summed E-state index contributed by atoms with van der Waals surface area (Å²) in [7, 11) is 0. The van der Waals surface area contributed by atoms with Crippen LogP contribution in [0, 0.1) is 11.8 Å². The van der Waals surface area contributed by atoms with Crippen molar-refractivity contribution in [2.75, 3.05) is 0 Å². The monoisotopic (exact) mass is 290 g/mol. The number of hydrogen-bond acceptors (Lipinski definition) is 1. The molecule has 0 bridgehead atoms. The molecule has 1 unspecified atom stereocenters. The van der Waals surface area contributed by atoms with Crippen LogP contribution in [0.1, 0.15) is 43.4 Å². The molecule has 0 aliphatic heterocycles. The topological polar surface area (TPSA) is 20.2 Å². The Kier molecular flexibility index (Phi) is 6.48. The Labute approximate surface area is 133 Å². The Balaban J connectivity index is 2.18. The van der Waals surface area contributed by atoms with Gasteiger partial charge < -0.3 is 5.11 Å². The van der Waals surface area contributed by atoms with E-state index in [1.165, 1.54) is 0 Å². The second-order valence-corrected chi connectivity index (χ2v) is 5.27. The van der Waals surface area contributed by atoms with Gasteiger partial charge in [-0.2, -0.15) is 0 Å². The van der Waals surface area contributed by atoms with Gasteiger partial charge in [0.15, 0.2) is 0 Å². The van der Waals surface area contributed by atoms with Crippen LogP contribution < -0.4 is 0 Å². The van der Waals surface area contributed by atoms with Crippen molar-refractivity contribution in [1.29, 1.82) is 0 Å². The lowest BCUT2D eigenvalue weighted by molar-refractivity contribution is 0.227. The van der Waals surface area contributed by atoms with Gasteiger partial charge >= 0.3 is 0 Å². The van der Waals surface area contributed by atoms with Crippen LogP contribution in [-0.2, 0) is 0 Å². The van der Waals surface area contributed by atoms with E-state index in [1.54, 1.807) is 0 Å². The smallest absolute Gasteiger partial charge is 0.0983 e. The largest absolute Gasteiger partial charge is 0.384 e. The first-order chi connectivity index (χ1) is 10.8. The van der Waals surface area contributed by atoms with E-state index in [1.807, 2.05) is 66.7 Å². The summed E-state index contributed by atoms with van der Waals surface area (Å²) in [5.41, 5.74) is 2.90. The van der Waals surface area contributed by atoms with Crippen molar-refractivity contribution >= 4 is 0 Å². The molecule has 0 fully saturated rings. The summed E-state index contributed by atoms with van der Waals surface area (Å²) < 4.78 is 0. The molecule has 1 N–H and O–H groups in total. The molecule has 0 aliphatic rings. The number of unbranched alkanes of at least 4 members (excludes halogenated alkanes) is 1. The summed E-state index contributed by atoms with van der Waals surface area (Å²) in [5, 5.41) is 10.3. The SMILES string of the molecule is CCCC/C(C#Cc1ccccc1)=C/C(O)c1ccccc1. The molecule has 0 saturated carbocycles.